The lowest BCUT2D eigenvalue weighted by Gasteiger charge is -2.27. The van der Waals surface area contributed by atoms with Gasteiger partial charge < -0.3 is 0 Å². The van der Waals surface area contributed by atoms with Gasteiger partial charge >= 0.3 is 6.03 Å². The van der Waals surface area contributed by atoms with Crippen molar-refractivity contribution in [2.24, 2.45) is 15.0 Å². The molecule has 0 saturated carbocycles. The number of aliphatic imine (C=N–C) groups is 3. The third kappa shape index (κ3) is 2.47. The van der Waals surface area contributed by atoms with Crippen LogP contribution >= 0.6 is 0 Å². The van der Waals surface area contributed by atoms with Crippen molar-refractivity contribution < 1.29 is 9.59 Å². The lowest BCUT2D eigenvalue weighted by atomic mass is 10.1. The third-order valence-electron chi connectivity index (χ3n) is 3.75. The molecule has 2 aliphatic rings. The Bertz CT molecular complexity index is 991. The van der Waals surface area contributed by atoms with Crippen LogP contribution in [0.4, 0.5) is 10.5 Å². The van der Waals surface area contributed by atoms with Gasteiger partial charge in [0.1, 0.15) is 5.71 Å². The van der Waals surface area contributed by atoms with Gasteiger partial charge in [-0.05, 0) is 12.1 Å². The van der Waals surface area contributed by atoms with Gasteiger partial charge in [0.05, 0.1) is 5.69 Å². The van der Waals surface area contributed by atoms with E-state index in [0.29, 0.717) is 11.3 Å². The number of nitrogens with zero attached hydrogens (tertiary/aromatic N) is 4. The normalized spacial score (nSPS) is 16.9. The number of nitrogens with one attached hydrogen (secondary N) is 1. The van der Waals surface area contributed by atoms with E-state index >= 15 is 0 Å². The van der Waals surface area contributed by atoms with Crippen LogP contribution in [0.5, 0.6) is 0 Å². The topological polar surface area (TPSA) is 98.3 Å². The van der Waals surface area contributed by atoms with Crippen LogP contribution in [-0.2, 0) is 4.79 Å². The molecule has 0 bridgehead atoms. The van der Waals surface area contributed by atoms with Crippen molar-refractivity contribution >= 4 is 40.7 Å². The highest BCUT2D eigenvalue weighted by Gasteiger charge is 2.38. The molecule has 2 aromatic carbocycles. The summed E-state index contributed by atoms with van der Waals surface area (Å²) in [5.41, 5.74) is 0.988. The van der Waals surface area contributed by atoms with Crippen LogP contribution in [0.25, 0.3) is 0 Å². The molecule has 0 aliphatic carbocycles. The lowest BCUT2D eigenvalue weighted by molar-refractivity contribution is -0.111. The zero-order valence-corrected chi connectivity index (χ0v) is 12.9. The van der Waals surface area contributed by atoms with Crippen LogP contribution in [0.2, 0.25) is 0 Å². The smallest absolute Gasteiger partial charge is 0.282 e. The van der Waals surface area contributed by atoms with Gasteiger partial charge in [-0.2, -0.15) is 9.98 Å². The maximum absolute atomic E-state index is 12.3. The van der Waals surface area contributed by atoms with Crippen LogP contribution in [0.15, 0.2) is 75.6 Å². The van der Waals surface area contributed by atoms with Crippen molar-refractivity contribution in [2.75, 3.05) is 4.90 Å². The number of carbonyl (C=O) groups excluding carboxylic acids is 2. The number of carbonyl (C=O) groups is 2. The number of fused-ring (bicyclic) bond motifs is 1. The van der Waals surface area contributed by atoms with Gasteiger partial charge in [-0.3, -0.25) is 10.2 Å². The molecule has 25 heavy (non-hydrogen) atoms. The molecule has 2 heterocycles. The second kappa shape index (κ2) is 5.72. The molecular weight excluding hydrogens is 318 g/mol. The summed E-state index contributed by atoms with van der Waals surface area (Å²) in [6.45, 7) is 0. The standard InChI is InChI=1S/C18H11N5O2/c19-15-13-14(21-18(25)23(15)12-9-5-2-6-10-12)17(24)22-16(20-13)11-7-3-1-4-8-11/h1-10,19H. The monoisotopic (exact) mass is 329 g/mol. The van der Waals surface area contributed by atoms with Crippen LogP contribution in [0, 0.1) is 5.41 Å². The molecule has 3 amide bonds. The van der Waals surface area contributed by atoms with Gasteiger partial charge in [0, 0.05) is 5.56 Å². The van der Waals surface area contributed by atoms with Crippen molar-refractivity contribution in [3.8, 4) is 0 Å². The van der Waals surface area contributed by atoms with E-state index in [1.165, 1.54) is 0 Å². The Labute approximate surface area is 142 Å². The molecule has 0 aromatic heterocycles. The van der Waals surface area contributed by atoms with Gasteiger partial charge in [-0.1, -0.05) is 48.5 Å². The van der Waals surface area contributed by atoms with E-state index < -0.39 is 11.9 Å². The molecule has 2 aromatic rings. The van der Waals surface area contributed by atoms with Crippen LogP contribution in [0.1, 0.15) is 5.56 Å². The van der Waals surface area contributed by atoms with Crippen LogP contribution in [-0.4, -0.2) is 35.0 Å². The lowest BCUT2D eigenvalue weighted by Crippen LogP contribution is -2.50. The van der Waals surface area contributed by atoms with E-state index in [9.17, 15) is 9.59 Å². The number of amidine groups is 2. The maximum Gasteiger partial charge on any atom is 0.354 e. The average Bonchev–Trinajstić information content (AvgIpc) is 2.64. The number of hydrogen-bond donors (Lipinski definition) is 1. The van der Waals surface area contributed by atoms with Crippen LogP contribution in [0.3, 0.4) is 0 Å². The minimum atomic E-state index is -0.711. The minimum absolute atomic E-state index is 0.0438. The molecule has 0 saturated heterocycles. The second-order valence-corrected chi connectivity index (χ2v) is 5.33. The summed E-state index contributed by atoms with van der Waals surface area (Å²) in [4.78, 5) is 37.7. The number of anilines is 1. The van der Waals surface area contributed by atoms with Crippen molar-refractivity contribution in [1.82, 2.24) is 0 Å². The van der Waals surface area contributed by atoms with Gasteiger partial charge in [0.15, 0.2) is 17.4 Å². The molecular formula is C18H11N5O2. The quantitative estimate of drug-likeness (QED) is 0.915. The Balaban J connectivity index is 1.82. The fourth-order valence-corrected chi connectivity index (χ4v) is 2.58. The summed E-state index contributed by atoms with van der Waals surface area (Å²) in [5.74, 6) is -0.667. The summed E-state index contributed by atoms with van der Waals surface area (Å²) < 4.78 is 0. The van der Waals surface area contributed by atoms with E-state index in [2.05, 4.69) is 15.0 Å². The predicted octanol–water partition coefficient (Wildman–Crippen LogP) is 2.47. The minimum Gasteiger partial charge on any atom is -0.282 e. The Morgan fingerprint density at radius 1 is 0.760 bits per heavy atom. The van der Waals surface area contributed by atoms with E-state index in [4.69, 9.17) is 5.41 Å². The number of amides is 3. The van der Waals surface area contributed by atoms with Gasteiger partial charge in [0.2, 0.25) is 0 Å². The first-order valence-corrected chi connectivity index (χ1v) is 7.49. The highest BCUT2D eigenvalue weighted by molar-refractivity contribution is 6.86. The molecule has 7 heteroatoms. The molecule has 120 valence electrons. The second-order valence-electron chi connectivity index (χ2n) is 5.33. The van der Waals surface area contributed by atoms with E-state index in [1.807, 2.05) is 6.07 Å². The number of rotatable bonds is 2. The zero-order valence-electron chi connectivity index (χ0n) is 12.9. The molecule has 0 fully saturated rings. The highest BCUT2D eigenvalue weighted by Crippen LogP contribution is 2.21. The zero-order chi connectivity index (χ0) is 17.4. The van der Waals surface area contributed by atoms with Crippen molar-refractivity contribution in [3.05, 3.63) is 66.2 Å². The molecule has 4 rings (SSSR count). The molecule has 7 nitrogen and oxygen atoms in total. The molecule has 2 aliphatic heterocycles. The Morgan fingerprint density at radius 3 is 2.08 bits per heavy atom. The Hall–Kier alpha value is -3.74. The first-order valence-electron chi connectivity index (χ1n) is 7.49. The summed E-state index contributed by atoms with van der Waals surface area (Å²) >= 11 is 0. The molecule has 0 spiro atoms. The van der Waals surface area contributed by atoms with Gasteiger partial charge in [-0.15, -0.1) is 0 Å². The fourth-order valence-electron chi connectivity index (χ4n) is 2.58. The SMILES string of the molecule is N=C1C2=NC(c3ccccc3)=NC(=O)C2=NC(=O)N1c1ccccc1. The molecule has 0 atom stereocenters. The first kappa shape index (κ1) is 14.8. The van der Waals surface area contributed by atoms with Crippen molar-refractivity contribution in [2.45, 2.75) is 0 Å². The average molecular weight is 329 g/mol. The summed E-state index contributed by atoms with van der Waals surface area (Å²) in [6, 6.07) is 16.9. The number of urea groups is 1. The number of benzene rings is 2. The van der Waals surface area contributed by atoms with Crippen LogP contribution < -0.4 is 4.90 Å². The maximum atomic E-state index is 12.3. The fraction of sp³-hybridized carbons (Fsp3) is 0. The van der Waals surface area contributed by atoms with Crippen molar-refractivity contribution in [3.63, 3.8) is 0 Å². The first-order chi connectivity index (χ1) is 12.1. The highest BCUT2D eigenvalue weighted by atomic mass is 16.2. The third-order valence-corrected chi connectivity index (χ3v) is 3.75. The summed E-state index contributed by atoms with van der Waals surface area (Å²) in [7, 11) is 0. The predicted molar refractivity (Wildman–Crippen MR) is 94.9 cm³/mol. The summed E-state index contributed by atoms with van der Waals surface area (Å²) in [5, 5.41) is 8.37. The summed E-state index contributed by atoms with van der Waals surface area (Å²) in [6.07, 6.45) is 0. The largest absolute Gasteiger partial charge is 0.354 e. The number of hydrogen-bond acceptors (Lipinski definition) is 4. The molecule has 1 N–H and O–H groups in total. The van der Waals surface area contributed by atoms with Gasteiger partial charge in [0.25, 0.3) is 5.91 Å². The van der Waals surface area contributed by atoms with E-state index in [0.717, 1.165) is 4.90 Å². The Morgan fingerprint density at radius 2 is 1.40 bits per heavy atom. The number of para-hydroxylation sites is 1. The molecule has 0 unspecified atom stereocenters. The van der Waals surface area contributed by atoms with E-state index in [1.54, 1.807) is 54.6 Å². The van der Waals surface area contributed by atoms with Crippen molar-refractivity contribution in [1.29, 1.82) is 5.41 Å². The molecule has 0 radical (unpaired) electrons. The Kier molecular flexibility index (Phi) is 3.39. The van der Waals surface area contributed by atoms with Gasteiger partial charge in [-0.25, -0.2) is 14.7 Å². The van der Waals surface area contributed by atoms with E-state index in [-0.39, 0.29) is 23.1 Å².